The van der Waals surface area contributed by atoms with Crippen LogP contribution in [0.25, 0.3) is 26.6 Å². The third-order valence-corrected chi connectivity index (χ3v) is 6.16. The van der Waals surface area contributed by atoms with Crippen LogP contribution in [0.4, 0.5) is 0 Å². The number of nitrogens with zero attached hydrogens (tertiary/aromatic N) is 5. The van der Waals surface area contributed by atoms with Gasteiger partial charge in [-0.2, -0.15) is 63.4 Å². The molecule has 4 atom stereocenters. The Labute approximate surface area is 241 Å². The number of unbranched alkanes of at least 4 members (excludes halogenated alkanes) is 2. The van der Waals surface area contributed by atoms with E-state index in [4.69, 9.17) is 41.5 Å². The molecule has 0 aromatic carbocycles. The summed E-state index contributed by atoms with van der Waals surface area (Å²) in [6.45, 7) is 7.07. The molecule has 0 bridgehead atoms. The van der Waals surface area contributed by atoms with E-state index in [9.17, 15) is 0 Å². The molecule has 0 aromatic heterocycles. The largest absolute Gasteiger partial charge is 0.665 e. The molecule has 1 aliphatic carbocycles. The maximum atomic E-state index is 5.14. The van der Waals surface area contributed by atoms with Crippen LogP contribution in [0.15, 0.2) is 0 Å². The van der Waals surface area contributed by atoms with Crippen LogP contribution in [0, 0.1) is 0 Å². The van der Waals surface area contributed by atoms with Crippen LogP contribution in [-0.2, 0) is 13.1 Å². The molecule has 34 heavy (non-hydrogen) atoms. The maximum absolute atomic E-state index is 5.14. The molecule has 1 heterocycles. The fourth-order valence-electron chi connectivity index (χ4n) is 4.36. The smallest absolute Gasteiger partial charge is 0.0739 e. The van der Waals surface area contributed by atoms with Crippen LogP contribution in [0.3, 0.4) is 0 Å². The number of halogens is 4. The van der Waals surface area contributed by atoms with Gasteiger partial charge in [-0.1, -0.05) is 38.5 Å². The normalized spacial score (nSPS) is 26.8. The van der Waals surface area contributed by atoms with Crippen molar-refractivity contribution >= 4 is 20.2 Å². The third kappa shape index (κ3) is 19.5. The van der Waals surface area contributed by atoms with E-state index >= 15 is 0 Å². The predicted molar refractivity (Wildman–Crippen MR) is 143 cm³/mol. The number of rotatable bonds is 8. The average molecular weight is 613 g/mol. The van der Waals surface area contributed by atoms with Crippen molar-refractivity contribution in [1.82, 2.24) is 0 Å². The van der Waals surface area contributed by atoms with Crippen molar-refractivity contribution < 1.29 is 55.1 Å². The fraction of sp³-hybridized carbons (Fsp3) is 1.00. The minimum absolute atomic E-state index is 0. The van der Waals surface area contributed by atoms with Gasteiger partial charge in [0.1, 0.15) is 0 Å². The zero-order valence-corrected chi connectivity index (χ0v) is 24.8. The van der Waals surface area contributed by atoms with Crippen molar-refractivity contribution in [2.75, 3.05) is 52.4 Å². The Hall–Kier alpha value is 1.40. The van der Waals surface area contributed by atoms with E-state index in [1.165, 1.54) is 51.4 Å². The van der Waals surface area contributed by atoms with Gasteiger partial charge in [-0.15, -0.1) is 0 Å². The molecular formula is C22H54Cl4MnN7-5. The number of hydrogen-bond acceptors (Lipinski definition) is 0. The van der Waals surface area contributed by atoms with Gasteiger partial charge in [0.05, 0.1) is 13.1 Å². The number of fused-ring (bicyclic) bond motifs is 1. The van der Waals surface area contributed by atoms with Crippen molar-refractivity contribution in [3.05, 3.63) is 26.6 Å². The quantitative estimate of drug-likeness (QED) is 0.261. The molecule has 1 saturated carbocycles. The summed E-state index contributed by atoms with van der Waals surface area (Å²) in [6.07, 6.45) is 12.0. The van der Waals surface area contributed by atoms with Crippen molar-refractivity contribution in [3.63, 3.8) is 0 Å². The van der Waals surface area contributed by atoms with Gasteiger partial charge in [-0.25, -0.2) is 0 Å². The zero-order valence-electron chi connectivity index (χ0n) is 20.6. The fourth-order valence-corrected chi connectivity index (χ4v) is 4.36. The SMILES string of the molecule is [Cl-].[Cl-].[Cl][Mn][Cl].[HH].[HH].[HH].[HH].[NH3+]CCCC[C@@H]1C[N-][C@@H](CCCC[NH3+])C[N-][C@@H]2CCCC[C@H]2[N-]CC[N-]CC[N-]1. The summed E-state index contributed by atoms with van der Waals surface area (Å²) in [6, 6.07) is 1.48. The summed E-state index contributed by atoms with van der Waals surface area (Å²) in [5.41, 5.74) is 7.96. The molecule has 2 fully saturated rings. The van der Waals surface area contributed by atoms with Crippen LogP contribution >= 0.6 is 20.2 Å². The summed E-state index contributed by atoms with van der Waals surface area (Å²) >= 11 is 0.00694. The van der Waals surface area contributed by atoms with E-state index in [0.717, 1.165) is 65.2 Å². The van der Waals surface area contributed by atoms with Gasteiger partial charge in [0.15, 0.2) is 0 Å². The first-order chi connectivity index (χ1) is 15.7. The van der Waals surface area contributed by atoms with Gasteiger partial charge in [0, 0.05) is 5.71 Å². The minimum atomic E-state index is 0. The molecule has 1 aliphatic heterocycles. The number of hydrogen-bond donors (Lipinski definition) is 2. The second kappa shape index (κ2) is 27.4. The molecule has 0 spiro atoms. The van der Waals surface area contributed by atoms with Crippen molar-refractivity contribution in [2.45, 2.75) is 88.4 Å². The van der Waals surface area contributed by atoms with Gasteiger partial charge in [-0.05, 0) is 25.7 Å². The summed E-state index contributed by atoms with van der Waals surface area (Å²) in [7, 11) is 9.59. The average Bonchev–Trinajstić information content (AvgIpc) is 2.80. The second-order valence-electron chi connectivity index (χ2n) is 8.69. The molecule has 12 heteroatoms. The maximum Gasteiger partial charge on any atom is 0.0739 e. The van der Waals surface area contributed by atoms with E-state index in [2.05, 4.69) is 16.8 Å². The molecule has 0 radical (unpaired) electrons. The van der Waals surface area contributed by atoms with E-state index in [1.54, 1.807) is 0 Å². The van der Waals surface area contributed by atoms with Gasteiger partial charge < -0.3 is 62.9 Å². The van der Waals surface area contributed by atoms with Crippen LogP contribution in [0.5, 0.6) is 0 Å². The van der Waals surface area contributed by atoms with Crippen LogP contribution in [-0.4, -0.2) is 76.5 Å². The molecule has 0 unspecified atom stereocenters. The zero-order chi connectivity index (χ0) is 23.3. The monoisotopic (exact) mass is 611 g/mol. The van der Waals surface area contributed by atoms with Gasteiger partial charge in [0.2, 0.25) is 0 Å². The van der Waals surface area contributed by atoms with Gasteiger partial charge in [-0.3, -0.25) is 0 Å². The predicted octanol–water partition coefficient (Wildman–Crippen LogP) is -0.890. The molecular weight excluding hydrogens is 559 g/mol. The Kier molecular flexibility index (Phi) is 30.3. The van der Waals surface area contributed by atoms with Crippen LogP contribution in [0.1, 0.15) is 69.9 Å². The molecule has 0 aromatic rings. The first-order valence-electron chi connectivity index (χ1n) is 12.5. The van der Waals surface area contributed by atoms with Gasteiger partial charge >= 0.3 is 33.3 Å². The Morgan fingerprint density at radius 1 is 0.676 bits per heavy atom. The molecule has 2 rings (SSSR count). The summed E-state index contributed by atoms with van der Waals surface area (Å²) < 4.78 is 0. The Morgan fingerprint density at radius 2 is 1.15 bits per heavy atom. The number of quaternary nitrogens is 2. The standard InChI is InChI=1S/C22H44N7.4ClH.Mn.4H2/c23-11-5-3-7-19-17-28-20(8-4-6-12-24)18-29-22-10-2-1-9-21(22)27-16-14-25-13-15-26-19;;;;;;;;;/h19-22H,1-18,23-24H2;4*1H;;4*1H/q-5;;;;;+2;;;;/p-2/t19-,20+,21-,22-;;;;;;;;;/m1........./s1. The van der Waals surface area contributed by atoms with E-state index in [1.807, 2.05) is 0 Å². The van der Waals surface area contributed by atoms with E-state index < -0.39 is 0 Å². The van der Waals surface area contributed by atoms with Crippen molar-refractivity contribution in [1.29, 1.82) is 0 Å². The van der Waals surface area contributed by atoms with Crippen LogP contribution in [0.2, 0.25) is 0 Å². The summed E-state index contributed by atoms with van der Waals surface area (Å²) in [5.74, 6) is 0. The van der Waals surface area contributed by atoms with Crippen molar-refractivity contribution in [2.24, 2.45) is 0 Å². The molecule has 2 aliphatic rings. The molecule has 6 N–H and O–H groups in total. The first kappa shape index (κ1) is 37.6. The Bertz CT molecular complexity index is 438. The molecule has 7 nitrogen and oxygen atoms in total. The minimum Gasteiger partial charge on any atom is -0.665 e. The van der Waals surface area contributed by atoms with E-state index in [0.29, 0.717) is 24.2 Å². The van der Waals surface area contributed by atoms with Gasteiger partial charge in [0.25, 0.3) is 0 Å². The Balaban J connectivity index is -0.000000271. The molecule has 0 amide bonds. The third-order valence-electron chi connectivity index (χ3n) is 6.16. The first-order valence-corrected chi connectivity index (χ1v) is 15.7. The molecule has 1 saturated heterocycles. The Morgan fingerprint density at radius 3 is 1.71 bits per heavy atom. The molecule has 217 valence electrons. The topological polar surface area (TPSA) is 126 Å². The second-order valence-corrected chi connectivity index (χ2v) is 10.6. The van der Waals surface area contributed by atoms with Crippen molar-refractivity contribution in [3.8, 4) is 0 Å². The van der Waals surface area contributed by atoms with Crippen LogP contribution < -0.4 is 36.3 Å². The summed E-state index contributed by atoms with van der Waals surface area (Å²) in [4.78, 5) is 0. The summed E-state index contributed by atoms with van der Waals surface area (Å²) in [5, 5.41) is 24.8. The van der Waals surface area contributed by atoms with E-state index in [-0.39, 0.29) is 43.7 Å².